The van der Waals surface area contributed by atoms with E-state index in [0.29, 0.717) is 11.2 Å². The standard InChI is InChI=1S/C10H19N3S/c1-4-13(8(2)3)6-5-9-7-14-10(11)12-9/h7-8H,4-6H2,1-3H3,(H2,11,12). The first-order valence-corrected chi connectivity index (χ1v) is 5.95. The fraction of sp³-hybridized carbons (Fsp3) is 0.700. The monoisotopic (exact) mass is 213 g/mol. The summed E-state index contributed by atoms with van der Waals surface area (Å²) in [6, 6.07) is 0.607. The van der Waals surface area contributed by atoms with E-state index < -0.39 is 0 Å². The molecule has 0 bridgehead atoms. The number of likely N-dealkylation sites (N-methyl/N-ethyl adjacent to an activating group) is 1. The lowest BCUT2D eigenvalue weighted by atomic mass is 10.2. The summed E-state index contributed by atoms with van der Waals surface area (Å²) in [7, 11) is 0. The van der Waals surface area contributed by atoms with E-state index >= 15 is 0 Å². The maximum Gasteiger partial charge on any atom is 0.180 e. The number of anilines is 1. The van der Waals surface area contributed by atoms with Gasteiger partial charge >= 0.3 is 0 Å². The lowest BCUT2D eigenvalue weighted by Gasteiger charge is -2.24. The summed E-state index contributed by atoms with van der Waals surface area (Å²) in [4.78, 5) is 6.67. The van der Waals surface area contributed by atoms with Gasteiger partial charge in [0.2, 0.25) is 0 Å². The molecule has 0 unspecified atom stereocenters. The van der Waals surface area contributed by atoms with Crippen molar-refractivity contribution in [1.29, 1.82) is 0 Å². The zero-order valence-electron chi connectivity index (χ0n) is 9.16. The van der Waals surface area contributed by atoms with Gasteiger partial charge in [-0.2, -0.15) is 0 Å². The molecule has 0 aliphatic rings. The van der Waals surface area contributed by atoms with Crippen LogP contribution in [0.5, 0.6) is 0 Å². The Bertz CT molecular complexity index is 270. The van der Waals surface area contributed by atoms with Crippen molar-refractivity contribution in [1.82, 2.24) is 9.88 Å². The third kappa shape index (κ3) is 3.27. The first-order valence-electron chi connectivity index (χ1n) is 5.07. The van der Waals surface area contributed by atoms with Crippen LogP contribution < -0.4 is 5.73 Å². The van der Waals surface area contributed by atoms with Gasteiger partial charge in [-0.05, 0) is 20.4 Å². The van der Waals surface area contributed by atoms with Crippen LogP contribution in [-0.2, 0) is 6.42 Å². The van der Waals surface area contributed by atoms with E-state index in [2.05, 4.69) is 30.7 Å². The van der Waals surface area contributed by atoms with Gasteiger partial charge in [0.25, 0.3) is 0 Å². The lowest BCUT2D eigenvalue weighted by Crippen LogP contribution is -2.32. The molecule has 2 N–H and O–H groups in total. The molecular formula is C10H19N3S. The molecule has 0 amide bonds. The second-order valence-electron chi connectivity index (χ2n) is 3.65. The summed E-state index contributed by atoms with van der Waals surface area (Å²) in [5, 5.41) is 2.72. The van der Waals surface area contributed by atoms with Crippen LogP contribution in [0.3, 0.4) is 0 Å². The minimum atomic E-state index is 0.607. The second-order valence-corrected chi connectivity index (χ2v) is 4.54. The molecule has 0 radical (unpaired) electrons. The minimum absolute atomic E-state index is 0.607. The van der Waals surface area contributed by atoms with Gasteiger partial charge < -0.3 is 10.6 Å². The smallest absolute Gasteiger partial charge is 0.180 e. The van der Waals surface area contributed by atoms with Crippen molar-refractivity contribution < 1.29 is 0 Å². The number of thiazole rings is 1. The Morgan fingerprint density at radius 2 is 2.29 bits per heavy atom. The van der Waals surface area contributed by atoms with Crippen LogP contribution in [0.2, 0.25) is 0 Å². The third-order valence-corrected chi connectivity index (χ3v) is 3.08. The number of hydrogen-bond acceptors (Lipinski definition) is 4. The summed E-state index contributed by atoms with van der Waals surface area (Å²) in [6.07, 6.45) is 1.000. The quantitative estimate of drug-likeness (QED) is 0.813. The molecule has 1 rings (SSSR count). The van der Waals surface area contributed by atoms with E-state index in [9.17, 15) is 0 Å². The van der Waals surface area contributed by atoms with Crippen molar-refractivity contribution >= 4 is 16.5 Å². The van der Waals surface area contributed by atoms with Gasteiger partial charge in [0, 0.05) is 24.4 Å². The summed E-state index contributed by atoms with van der Waals surface area (Å²) < 4.78 is 0. The van der Waals surface area contributed by atoms with Gasteiger partial charge in [-0.15, -0.1) is 11.3 Å². The van der Waals surface area contributed by atoms with Crippen LogP contribution in [0.15, 0.2) is 5.38 Å². The van der Waals surface area contributed by atoms with Crippen molar-refractivity contribution in [2.75, 3.05) is 18.8 Å². The summed E-state index contributed by atoms with van der Waals surface area (Å²) in [5.41, 5.74) is 6.69. The zero-order chi connectivity index (χ0) is 10.6. The molecule has 0 saturated carbocycles. The van der Waals surface area contributed by atoms with Crippen molar-refractivity contribution in [3.8, 4) is 0 Å². The van der Waals surface area contributed by atoms with E-state index in [1.54, 1.807) is 0 Å². The largest absolute Gasteiger partial charge is 0.375 e. The maximum absolute atomic E-state index is 5.57. The molecule has 0 aromatic carbocycles. The van der Waals surface area contributed by atoms with Gasteiger partial charge in [-0.25, -0.2) is 4.98 Å². The SMILES string of the molecule is CCN(CCc1csc(N)n1)C(C)C. The fourth-order valence-electron chi connectivity index (χ4n) is 1.48. The molecule has 0 fully saturated rings. The van der Waals surface area contributed by atoms with E-state index in [-0.39, 0.29) is 0 Å². The highest BCUT2D eigenvalue weighted by Gasteiger charge is 2.07. The fourth-order valence-corrected chi connectivity index (χ4v) is 2.07. The van der Waals surface area contributed by atoms with Crippen LogP contribution in [0, 0.1) is 0 Å². The van der Waals surface area contributed by atoms with Crippen LogP contribution in [0.25, 0.3) is 0 Å². The molecule has 0 atom stereocenters. The molecule has 4 heteroatoms. The number of nitrogen functional groups attached to an aromatic ring is 1. The summed E-state index contributed by atoms with van der Waals surface area (Å²) in [5.74, 6) is 0. The first kappa shape index (κ1) is 11.5. The van der Waals surface area contributed by atoms with E-state index in [1.807, 2.05) is 5.38 Å². The maximum atomic E-state index is 5.57. The van der Waals surface area contributed by atoms with E-state index in [0.717, 1.165) is 25.2 Å². The zero-order valence-corrected chi connectivity index (χ0v) is 9.97. The average molecular weight is 213 g/mol. The molecule has 1 aromatic rings. The Balaban J connectivity index is 2.39. The Morgan fingerprint density at radius 3 is 2.71 bits per heavy atom. The lowest BCUT2D eigenvalue weighted by molar-refractivity contribution is 0.236. The molecule has 3 nitrogen and oxygen atoms in total. The number of rotatable bonds is 5. The Morgan fingerprint density at radius 1 is 1.57 bits per heavy atom. The predicted octanol–water partition coefficient (Wildman–Crippen LogP) is 2.00. The number of hydrogen-bond donors (Lipinski definition) is 1. The second kappa shape index (κ2) is 5.32. The van der Waals surface area contributed by atoms with E-state index in [4.69, 9.17) is 5.73 Å². The van der Waals surface area contributed by atoms with Crippen LogP contribution >= 0.6 is 11.3 Å². The molecule has 0 spiro atoms. The molecule has 80 valence electrons. The Labute approximate surface area is 89.9 Å². The number of nitrogens with two attached hydrogens (primary N) is 1. The molecule has 1 heterocycles. The first-order chi connectivity index (χ1) is 6.63. The van der Waals surface area contributed by atoms with Gasteiger partial charge in [-0.3, -0.25) is 0 Å². The van der Waals surface area contributed by atoms with Crippen molar-refractivity contribution in [2.24, 2.45) is 0 Å². The average Bonchev–Trinajstić information content (AvgIpc) is 2.52. The Hall–Kier alpha value is -0.610. The van der Waals surface area contributed by atoms with Crippen LogP contribution in [-0.4, -0.2) is 29.0 Å². The van der Waals surface area contributed by atoms with Gasteiger partial charge in [0.05, 0.1) is 5.69 Å². The van der Waals surface area contributed by atoms with Crippen LogP contribution in [0.1, 0.15) is 26.5 Å². The Kier molecular flexibility index (Phi) is 4.35. The van der Waals surface area contributed by atoms with Crippen LogP contribution in [0.4, 0.5) is 5.13 Å². The topological polar surface area (TPSA) is 42.1 Å². The van der Waals surface area contributed by atoms with Crippen molar-refractivity contribution in [3.05, 3.63) is 11.1 Å². The summed E-state index contributed by atoms with van der Waals surface area (Å²) >= 11 is 1.52. The molecular weight excluding hydrogens is 194 g/mol. The molecule has 0 aliphatic heterocycles. The van der Waals surface area contributed by atoms with Gasteiger partial charge in [0.1, 0.15) is 0 Å². The highest BCUT2D eigenvalue weighted by Crippen LogP contribution is 2.12. The predicted molar refractivity (Wildman–Crippen MR) is 62.6 cm³/mol. The van der Waals surface area contributed by atoms with Crippen molar-refractivity contribution in [3.63, 3.8) is 0 Å². The number of nitrogens with zero attached hydrogens (tertiary/aromatic N) is 2. The molecule has 0 saturated heterocycles. The highest BCUT2D eigenvalue weighted by atomic mass is 32.1. The molecule has 1 aromatic heterocycles. The number of aromatic nitrogens is 1. The molecule has 14 heavy (non-hydrogen) atoms. The molecule has 0 aliphatic carbocycles. The van der Waals surface area contributed by atoms with Gasteiger partial charge in [0.15, 0.2) is 5.13 Å². The summed E-state index contributed by atoms with van der Waals surface area (Å²) in [6.45, 7) is 8.79. The minimum Gasteiger partial charge on any atom is -0.375 e. The van der Waals surface area contributed by atoms with Gasteiger partial charge in [-0.1, -0.05) is 6.92 Å². The third-order valence-electron chi connectivity index (χ3n) is 2.36. The van der Waals surface area contributed by atoms with Crippen molar-refractivity contribution in [2.45, 2.75) is 33.2 Å². The normalized spacial score (nSPS) is 11.5. The van der Waals surface area contributed by atoms with E-state index in [1.165, 1.54) is 11.3 Å². The highest BCUT2D eigenvalue weighted by molar-refractivity contribution is 7.13.